The number of anilines is 2. The Bertz CT molecular complexity index is 1380. The molecule has 9 heteroatoms. The van der Waals surface area contributed by atoms with Gasteiger partial charge in [0.15, 0.2) is 0 Å². The number of amides is 1. The highest BCUT2D eigenvalue weighted by atomic mass is 32.1. The zero-order valence-electron chi connectivity index (χ0n) is 18.6. The Morgan fingerprint density at radius 3 is 2.76 bits per heavy atom. The van der Waals surface area contributed by atoms with E-state index in [1.165, 1.54) is 23.7 Å². The van der Waals surface area contributed by atoms with Crippen LogP contribution in [0, 0.1) is 11.7 Å². The minimum absolute atomic E-state index is 0.0718. The average molecular weight is 479 g/mol. The molecule has 1 saturated heterocycles. The molecule has 1 amide bonds. The molecular weight excluding hydrogens is 455 g/mol. The van der Waals surface area contributed by atoms with Gasteiger partial charge >= 0.3 is 5.97 Å². The third kappa shape index (κ3) is 4.19. The van der Waals surface area contributed by atoms with E-state index in [9.17, 15) is 14.0 Å². The summed E-state index contributed by atoms with van der Waals surface area (Å²) in [7, 11) is 0. The topological polar surface area (TPSA) is 84.4 Å². The van der Waals surface area contributed by atoms with E-state index in [4.69, 9.17) is 4.74 Å². The van der Waals surface area contributed by atoms with Crippen molar-refractivity contribution in [2.75, 3.05) is 29.9 Å². The first kappa shape index (κ1) is 22.2. The van der Waals surface area contributed by atoms with Gasteiger partial charge in [-0.15, -0.1) is 11.3 Å². The Kier molecular flexibility index (Phi) is 6.10. The highest BCUT2D eigenvalue weighted by Gasteiger charge is 2.27. The van der Waals surface area contributed by atoms with E-state index in [0.717, 1.165) is 15.2 Å². The molecule has 1 fully saturated rings. The number of nitrogens with zero attached hydrogens (tertiary/aromatic N) is 3. The lowest BCUT2D eigenvalue weighted by molar-refractivity contribution is -0.120. The number of piperidine rings is 1. The Labute approximate surface area is 199 Å². The number of rotatable bonds is 5. The van der Waals surface area contributed by atoms with Crippen molar-refractivity contribution in [2.24, 2.45) is 5.92 Å². The molecule has 1 aliphatic rings. The second-order valence-electron chi connectivity index (χ2n) is 8.14. The molecule has 3 heterocycles. The lowest BCUT2D eigenvalue weighted by Gasteiger charge is -2.32. The number of hydrogen-bond donors (Lipinski definition) is 1. The highest BCUT2D eigenvalue weighted by Crippen LogP contribution is 2.39. The summed E-state index contributed by atoms with van der Waals surface area (Å²) in [6.45, 7) is 3.36. The summed E-state index contributed by atoms with van der Waals surface area (Å²) in [6, 6.07) is 11.8. The zero-order valence-corrected chi connectivity index (χ0v) is 19.4. The molecule has 1 N–H and O–H groups in total. The number of aromatic nitrogens is 2. The van der Waals surface area contributed by atoms with Gasteiger partial charge in [-0.25, -0.2) is 19.2 Å². The van der Waals surface area contributed by atoms with Crippen molar-refractivity contribution in [2.45, 2.75) is 19.8 Å². The molecule has 0 unspecified atom stereocenters. The van der Waals surface area contributed by atoms with Crippen molar-refractivity contribution in [3.8, 4) is 0 Å². The summed E-state index contributed by atoms with van der Waals surface area (Å²) in [4.78, 5) is 35.8. The van der Waals surface area contributed by atoms with Crippen molar-refractivity contribution in [1.29, 1.82) is 0 Å². The monoisotopic (exact) mass is 478 g/mol. The van der Waals surface area contributed by atoms with Crippen LogP contribution in [0.15, 0.2) is 48.8 Å². The quantitative estimate of drug-likeness (QED) is 0.406. The molecule has 2 aromatic carbocycles. The predicted octanol–water partition coefficient (Wildman–Crippen LogP) is 5.02. The van der Waals surface area contributed by atoms with Gasteiger partial charge in [-0.2, -0.15) is 0 Å². The van der Waals surface area contributed by atoms with Crippen LogP contribution in [0.5, 0.6) is 0 Å². The maximum Gasteiger partial charge on any atom is 0.338 e. The van der Waals surface area contributed by atoms with E-state index in [0.29, 0.717) is 54.7 Å². The summed E-state index contributed by atoms with van der Waals surface area (Å²) in [5.74, 6) is -0.135. The van der Waals surface area contributed by atoms with Crippen LogP contribution in [-0.2, 0) is 9.53 Å². The molecule has 34 heavy (non-hydrogen) atoms. The molecule has 7 nitrogen and oxygen atoms in total. The number of nitrogens with one attached hydrogen (secondary N) is 1. The van der Waals surface area contributed by atoms with Crippen molar-refractivity contribution in [3.63, 3.8) is 0 Å². The summed E-state index contributed by atoms with van der Waals surface area (Å²) in [6.07, 6.45) is 2.80. The predicted molar refractivity (Wildman–Crippen MR) is 131 cm³/mol. The molecule has 0 bridgehead atoms. The molecule has 4 aromatic rings. The number of ether oxygens (including phenoxy) is 1. The van der Waals surface area contributed by atoms with Gasteiger partial charge < -0.3 is 15.0 Å². The van der Waals surface area contributed by atoms with Gasteiger partial charge in [-0.1, -0.05) is 12.1 Å². The third-order valence-corrected chi connectivity index (χ3v) is 7.16. The standard InChI is InChI=1S/C25H23FN4O3S/c1-2-33-25(32)16-5-3-6-17(13-16)29-24(31)15-9-11-30(12-10-15)23-22-21(27-14-28-23)20-18(26)7-4-8-19(20)34-22/h3-8,13-15H,2,9-12H2,1H3,(H,29,31). The number of halogens is 1. The molecule has 0 saturated carbocycles. The van der Waals surface area contributed by atoms with Crippen LogP contribution in [0.3, 0.4) is 0 Å². The number of hydrogen-bond acceptors (Lipinski definition) is 7. The number of benzene rings is 2. The van der Waals surface area contributed by atoms with Crippen molar-refractivity contribution >= 4 is 55.0 Å². The second kappa shape index (κ2) is 9.34. The van der Waals surface area contributed by atoms with E-state index in [-0.39, 0.29) is 17.6 Å². The molecule has 5 rings (SSSR count). The number of carbonyl (C=O) groups is 2. The van der Waals surface area contributed by atoms with Gasteiger partial charge in [-0.05, 0) is 50.1 Å². The van der Waals surface area contributed by atoms with E-state index in [1.54, 1.807) is 37.3 Å². The normalized spacial score (nSPS) is 14.5. The van der Waals surface area contributed by atoms with Crippen molar-refractivity contribution < 1.29 is 18.7 Å². The Morgan fingerprint density at radius 2 is 1.97 bits per heavy atom. The SMILES string of the molecule is CCOC(=O)c1cccc(NC(=O)C2CCN(c3ncnc4c3sc3cccc(F)c34)CC2)c1. The van der Waals surface area contributed by atoms with Crippen molar-refractivity contribution in [1.82, 2.24) is 9.97 Å². The van der Waals surface area contributed by atoms with E-state index in [2.05, 4.69) is 20.2 Å². The number of thiophene rings is 1. The van der Waals surface area contributed by atoms with Crippen LogP contribution in [0.1, 0.15) is 30.1 Å². The van der Waals surface area contributed by atoms with Gasteiger partial charge in [0.2, 0.25) is 5.91 Å². The Balaban J connectivity index is 1.28. The Morgan fingerprint density at radius 1 is 1.18 bits per heavy atom. The van der Waals surface area contributed by atoms with E-state index >= 15 is 0 Å². The van der Waals surface area contributed by atoms with E-state index < -0.39 is 5.97 Å². The molecular formula is C25H23FN4O3S. The van der Waals surface area contributed by atoms with Crippen molar-refractivity contribution in [3.05, 3.63) is 60.2 Å². The van der Waals surface area contributed by atoms with Gasteiger partial charge in [0.25, 0.3) is 0 Å². The maximum absolute atomic E-state index is 14.4. The summed E-state index contributed by atoms with van der Waals surface area (Å²) >= 11 is 1.49. The van der Waals surface area contributed by atoms with Gasteiger partial charge in [0, 0.05) is 29.4 Å². The fourth-order valence-corrected chi connectivity index (χ4v) is 5.51. The molecule has 0 atom stereocenters. The number of carbonyl (C=O) groups excluding carboxylic acids is 2. The van der Waals surface area contributed by atoms with Gasteiger partial charge in [0.05, 0.1) is 27.8 Å². The van der Waals surface area contributed by atoms with Crippen LogP contribution in [0.25, 0.3) is 20.3 Å². The minimum atomic E-state index is -0.413. The Hall–Kier alpha value is -3.59. The van der Waals surface area contributed by atoms with Crippen LogP contribution >= 0.6 is 11.3 Å². The van der Waals surface area contributed by atoms with Gasteiger partial charge in [-0.3, -0.25) is 4.79 Å². The highest BCUT2D eigenvalue weighted by molar-refractivity contribution is 7.26. The lowest BCUT2D eigenvalue weighted by Crippen LogP contribution is -2.38. The molecule has 1 aliphatic heterocycles. The molecule has 0 aliphatic carbocycles. The molecule has 0 radical (unpaired) electrons. The number of esters is 1. The summed E-state index contributed by atoms with van der Waals surface area (Å²) in [5, 5.41) is 3.46. The summed E-state index contributed by atoms with van der Waals surface area (Å²) in [5.41, 5.74) is 1.61. The zero-order chi connectivity index (χ0) is 23.7. The first-order chi connectivity index (χ1) is 16.5. The first-order valence-corrected chi connectivity index (χ1v) is 12.0. The van der Waals surface area contributed by atoms with Crippen LogP contribution in [-0.4, -0.2) is 41.5 Å². The second-order valence-corrected chi connectivity index (χ2v) is 9.19. The largest absolute Gasteiger partial charge is 0.462 e. The van der Waals surface area contributed by atoms with Crippen LogP contribution in [0.4, 0.5) is 15.9 Å². The maximum atomic E-state index is 14.4. The van der Waals surface area contributed by atoms with Gasteiger partial charge in [0.1, 0.15) is 18.0 Å². The average Bonchev–Trinajstić information content (AvgIpc) is 3.24. The first-order valence-electron chi connectivity index (χ1n) is 11.2. The minimum Gasteiger partial charge on any atom is -0.462 e. The molecule has 174 valence electrons. The van der Waals surface area contributed by atoms with E-state index in [1.807, 2.05) is 6.07 Å². The summed E-state index contributed by atoms with van der Waals surface area (Å²) < 4.78 is 21.1. The lowest BCUT2D eigenvalue weighted by atomic mass is 9.95. The fourth-order valence-electron chi connectivity index (χ4n) is 4.33. The molecule has 0 spiro atoms. The number of fused-ring (bicyclic) bond motifs is 3. The fraction of sp³-hybridized carbons (Fsp3) is 0.280. The van der Waals surface area contributed by atoms with Crippen LogP contribution < -0.4 is 10.2 Å². The smallest absolute Gasteiger partial charge is 0.338 e. The molecule has 2 aromatic heterocycles. The van der Waals surface area contributed by atoms with Crippen LogP contribution in [0.2, 0.25) is 0 Å². The third-order valence-electron chi connectivity index (χ3n) is 6.02.